The number of aryl methyl sites for hydroxylation is 1. The number of rotatable bonds is 7. The summed E-state index contributed by atoms with van der Waals surface area (Å²) >= 11 is 0. The van der Waals surface area contributed by atoms with Crippen LogP contribution in [0.5, 0.6) is 5.75 Å². The summed E-state index contributed by atoms with van der Waals surface area (Å²) in [7, 11) is -2.46. The molecule has 1 N–H and O–H groups in total. The van der Waals surface area contributed by atoms with Crippen molar-refractivity contribution in [2.45, 2.75) is 25.3 Å². The van der Waals surface area contributed by atoms with Crippen LogP contribution in [0.4, 0.5) is 11.4 Å². The average Bonchev–Trinajstić information content (AvgIpc) is 2.72. The van der Waals surface area contributed by atoms with E-state index in [-0.39, 0.29) is 17.3 Å². The van der Waals surface area contributed by atoms with Crippen LogP contribution in [-0.2, 0) is 21.4 Å². The topological polar surface area (TPSA) is 75.7 Å². The normalized spacial score (nSPS) is 11.0. The van der Waals surface area contributed by atoms with E-state index in [1.54, 1.807) is 6.07 Å². The molecule has 3 aromatic rings. The fraction of sp³-hybridized carbons (Fsp3) is 0.174. The highest BCUT2D eigenvalue weighted by atomic mass is 32.2. The van der Waals surface area contributed by atoms with Crippen LogP contribution < -0.4 is 14.4 Å². The summed E-state index contributed by atoms with van der Waals surface area (Å²) in [6.45, 7) is 3.45. The van der Waals surface area contributed by atoms with Gasteiger partial charge in [0, 0.05) is 6.92 Å². The Labute approximate surface area is 177 Å². The molecule has 0 aromatic heterocycles. The Kier molecular flexibility index (Phi) is 6.42. The molecule has 30 heavy (non-hydrogen) atoms. The number of nitrogens with zero attached hydrogens (tertiary/aromatic N) is 1. The van der Waals surface area contributed by atoms with E-state index in [4.69, 9.17) is 4.74 Å². The van der Waals surface area contributed by atoms with Crippen LogP contribution in [0.15, 0.2) is 77.7 Å². The highest BCUT2D eigenvalue weighted by molar-refractivity contribution is 7.92. The molecule has 0 unspecified atom stereocenters. The third-order valence-electron chi connectivity index (χ3n) is 4.53. The Morgan fingerprint density at radius 2 is 1.73 bits per heavy atom. The molecule has 0 radical (unpaired) electrons. The zero-order chi connectivity index (χ0) is 21.7. The van der Waals surface area contributed by atoms with Crippen LogP contribution >= 0.6 is 0 Å². The van der Waals surface area contributed by atoms with Crippen LogP contribution in [0.1, 0.15) is 18.1 Å². The molecule has 0 aliphatic rings. The summed E-state index contributed by atoms with van der Waals surface area (Å²) in [6, 6.07) is 21.2. The molecular formula is C23H24N2O4S. The van der Waals surface area contributed by atoms with Crippen molar-refractivity contribution in [3.8, 4) is 5.75 Å². The van der Waals surface area contributed by atoms with Gasteiger partial charge in [0.25, 0.3) is 10.0 Å². The lowest BCUT2D eigenvalue weighted by Crippen LogP contribution is -2.30. The quantitative estimate of drug-likeness (QED) is 0.612. The van der Waals surface area contributed by atoms with Crippen molar-refractivity contribution in [3.63, 3.8) is 0 Å². The van der Waals surface area contributed by atoms with Crippen molar-refractivity contribution in [2.24, 2.45) is 0 Å². The van der Waals surface area contributed by atoms with Crippen molar-refractivity contribution in [1.29, 1.82) is 0 Å². The minimum absolute atomic E-state index is 0.0597. The van der Waals surface area contributed by atoms with Crippen LogP contribution in [0.2, 0.25) is 0 Å². The molecular weight excluding hydrogens is 400 g/mol. The maximum absolute atomic E-state index is 13.7. The second-order valence-electron chi connectivity index (χ2n) is 6.88. The van der Waals surface area contributed by atoms with E-state index in [2.05, 4.69) is 5.32 Å². The second kappa shape index (κ2) is 9.00. The van der Waals surface area contributed by atoms with Gasteiger partial charge in [0.05, 0.1) is 29.9 Å². The van der Waals surface area contributed by atoms with Gasteiger partial charge in [-0.1, -0.05) is 42.5 Å². The Bertz CT molecular complexity index is 1140. The number of hydrogen-bond acceptors (Lipinski definition) is 4. The zero-order valence-corrected chi connectivity index (χ0v) is 17.9. The number of amides is 1. The highest BCUT2D eigenvalue weighted by Crippen LogP contribution is 2.32. The lowest BCUT2D eigenvalue weighted by atomic mass is 10.2. The third-order valence-corrected chi connectivity index (χ3v) is 6.30. The van der Waals surface area contributed by atoms with Crippen molar-refractivity contribution < 1.29 is 17.9 Å². The molecule has 0 aliphatic carbocycles. The van der Waals surface area contributed by atoms with Gasteiger partial charge < -0.3 is 10.1 Å². The lowest BCUT2D eigenvalue weighted by molar-refractivity contribution is -0.114. The fourth-order valence-electron chi connectivity index (χ4n) is 3.11. The van der Waals surface area contributed by atoms with Crippen LogP contribution in [-0.4, -0.2) is 21.4 Å². The van der Waals surface area contributed by atoms with Gasteiger partial charge in [-0.25, -0.2) is 8.42 Å². The van der Waals surface area contributed by atoms with Gasteiger partial charge in [0.1, 0.15) is 5.75 Å². The first-order chi connectivity index (χ1) is 14.3. The number of carbonyl (C=O) groups excluding carboxylic acids is 1. The van der Waals surface area contributed by atoms with Gasteiger partial charge in [0.2, 0.25) is 5.91 Å². The summed E-state index contributed by atoms with van der Waals surface area (Å²) in [5.74, 6) is 0.0667. The standard InChI is InChI=1S/C23H24N2O4S/c1-17-8-7-11-20(14-17)25(16-19-9-5-4-6-10-19)30(27,28)21-12-13-23(29-3)22(15-21)24-18(2)26/h4-15H,16H2,1-3H3,(H,24,26). The van der Waals surface area contributed by atoms with E-state index in [0.717, 1.165) is 11.1 Å². The van der Waals surface area contributed by atoms with Gasteiger partial charge in [-0.3, -0.25) is 9.10 Å². The Hall–Kier alpha value is -3.32. The number of anilines is 2. The van der Waals surface area contributed by atoms with Crippen molar-refractivity contribution in [3.05, 3.63) is 83.9 Å². The number of sulfonamides is 1. The average molecular weight is 425 g/mol. The molecule has 0 bridgehead atoms. The summed E-state index contributed by atoms with van der Waals surface area (Å²) < 4.78 is 33.9. The van der Waals surface area contributed by atoms with Crippen LogP contribution in [0.3, 0.4) is 0 Å². The minimum Gasteiger partial charge on any atom is -0.495 e. The zero-order valence-electron chi connectivity index (χ0n) is 17.1. The van der Waals surface area contributed by atoms with Gasteiger partial charge >= 0.3 is 0 Å². The smallest absolute Gasteiger partial charge is 0.264 e. The summed E-state index contributed by atoms with van der Waals surface area (Å²) in [6.07, 6.45) is 0. The maximum atomic E-state index is 13.7. The molecule has 6 nitrogen and oxygen atoms in total. The SMILES string of the molecule is COc1ccc(S(=O)(=O)N(Cc2ccccc2)c2cccc(C)c2)cc1NC(C)=O. The fourth-order valence-corrected chi connectivity index (χ4v) is 4.58. The summed E-state index contributed by atoms with van der Waals surface area (Å²) in [5.41, 5.74) is 2.68. The molecule has 7 heteroatoms. The number of hydrogen-bond donors (Lipinski definition) is 1. The molecule has 0 atom stereocenters. The third kappa shape index (κ3) is 4.80. The van der Waals surface area contributed by atoms with E-state index in [1.165, 1.54) is 36.5 Å². The first-order valence-electron chi connectivity index (χ1n) is 9.40. The first-order valence-corrected chi connectivity index (χ1v) is 10.8. The van der Waals surface area contributed by atoms with Gasteiger partial charge in [0.15, 0.2) is 0 Å². The van der Waals surface area contributed by atoms with Crippen molar-refractivity contribution in [1.82, 2.24) is 0 Å². The molecule has 0 saturated heterocycles. The molecule has 0 spiro atoms. The van der Waals surface area contributed by atoms with E-state index in [9.17, 15) is 13.2 Å². The van der Waals surface area contributed by atoms with E-state index >= 15 is 0 Å². The van der Waals surface area contributed by atoms with Gasteiger partial charge in [-0.15, -0.1) is 0 Å². The molecule has 3 rings (SSSR count). The van der Waals surface area contributed by atoms with E-state index in [0.29, 0.717) is 17.1 Å². The van der Waals surface area contributed by atoms with Crippen LogP contribution in [0, 0.1) is 6.92 Å². The molecule has 1 amide bonds. The number of methoxy groups -OCH3 is 1. The largest absolute Gasteiger partial charge is 0.495 e. The van der Waals surface area contributed by atoms with E-state index in [1.807, 2.05) is 55.5 Å². The van der Waals surface area contributed by atoms with Crippen molar-refractivity contribution in [2.75, 3.05) is 16.7 Å². The number of ether oxygens (including phenoxy) is 1. The minimum atomic E-state index is -3.93. The summed E-state index contributed by atoms with van der Waals surface area (Å²) in [4.78, 5) is 11.6. The van der Waals surface area contributed by atoms with Crippen molar-refractivity contribution >= 4 is 27.3 Å². The molecule has 0 aliphatic heterocycles. The first kappa shape index (κ1) is 21.4. The number of nitrogens with one attached hydrogen (secondary N) is 1. The predicted octanol–water partition coefficient (Wildman–Crippen LogP) is 4.36. The number of benzene rings is 3. The van der Waals surface area contributed by atoms with Gasteiger partial charge in [-0.05, 0) is 48.4 Å². The Morgan fingerprint density at radius 3 is 2.37 bits per heavy atom. The van der Waals surface area contributed by atoms with E-state index < -0.39 is 10.0 Å². The second-order valence-corrected chi connectivity index (χ2v) is 8.74. The van der Waals surface area contributed by atoms with Crippen LogP contribution in [0.25, 0.3) is 0 Å². The highest BCUT2D eigenvalue weighted by Gasteiger charge is 2.26. The molecule has 0 saturated carbocycles. The number of carbonyl (C=O) groups is 1. The molecule has 0 heterocycles. The Balaban J connectivity index is 2.11. The summed E-state index contributed by atoms with van der Waals surface area (Å²) in [5, 5.41) is 2.63. The maximum Gasteiger partial charge on any atom is 0.264 e. The Morgan fingerprint density at radius 1 is 1.00 bits per heavy atom. The molecule has 0 fully saturated rings. The molecule has 3 aromatic carbocycles. The molecule has 156 valence electrons. The van der Waals surface area contributed by atoms with Gasteiger partial charge in [-0.2, -0.15) is 0 Å². The monoisotopic (exact) mass is 424 g/mol. The lowest BCUT2D eigenvalue weighted by Gasteiger charge is -2.25. The predicted molar refractivity (Wildman–Crippen MR) is 118 cm³/mol.